The first-order valence-corrected chi connectivity index (χ1v) is 12.4. The van der Waals surface area contributed by atoms with Gasteiger partial charge in [-0.25, -0.2) is 8.42 Å². The second-order valence-corrected chi connectivity index (χ2v) is 9.30. The predicted molar refractivity (Wildman–Crippen MR) is 117 cm³/mol. The normalized spacial score (nSPS) is 11.6. The van der Waals surface area contributed by atoms with E-state index in [2.05, 4.69) is 32.0 Å². The van der Waals surface area contributed by atoms with Crippen molar-refractivity contribution in [2.75, 3.05) is 0 Å². The van der Waals surface area contributed by atoms with Crippen molar-refractivity contribution >= 4 is 20.9 Å². The third-order valence-electron chi connectivity index (χ3n) is 5.48. The van der Waals surface area contributed by atoms with Crippen LogP contribution in [0.25, 0.3) is 10.8 Å². The van der Waals surface area contributed by atoms with Gasteiger partial charge in [-0.1, -0.05) is 83.4 Å². The first-order valence-electron chi connectivity index (χ1n) is 11.0. The maximum absolute atomic E-state index is 11.6. The molecule has 0 aliphatic rings. The summed E-state index contributed by atoms with van der Waals surface area (Å²) in [6, 6.07) is 9.49. The monoisotopic (exact) mass is 442 g/mol. The van der Waals surface area contributed by atoms with Crippen molar-refractivity contribution in [1.29, 1.82) is 0 Å². The Morgan fingerprint density at radius 3 is 1.93 bits per heavy atom. The summed E-state index contributed by atoms with van der Waals surface area (Å²) < 4.78 is 34.9. The van der Waals surface area contributed by atoms with Gasteiger partial charge in [-0.3, -0.25) is 0 Å². The van der Waals surface area contributed by atoms with Gasteiger partial charge in [0.25, 0.3) is 0 Å². The Labute approximate surface area is 220 Å². The standard InChI is InChI=1S/C24H36O3S.K/c1-3-5-7-9-11-13-20-15-16-24-21(14-12-10-8-6-4-2)18-23(28(25,26)27)19-22(24)17-20;/h15-19H,3-14H2,1-2H3,(H,25,26,27);/q;+1/p-1. The summed E-state index contributed by atoms with van der Waals surface area (Å²) in [4.78, 5) is -0.0938. The molecule has 0 bridgehead atoms. The fraction of sp³-hybridized carbons (Fsp3) is 0.583. The van der Waals surface area contributed by atoms with Crippen LogP contribution in [-0.4, -0.2) is 13.0 Å². The number of benzene rings is 2. The first-order chi connectivity index (χ1) is 13.5. The zero-order valence-electron chi connectivity index (χ0n) is 18.5. The molecule has 3 nitrogen and oxygen atoms in total. The van der Waals surface area contributed by atoms with Gasteiger partial charge in [0.05, 0.1) is 4.90 Å². The molecule has 0 unspecified atom stereocenters. The van der Waals surface area contributed by atoms with Crippen LogP contribution in [0.5, 0.6) is 0 Å². The molecule has 156 valence electrons. The molecule has 0 saturated carbocycles. The molecular formula is C24H35KO3S. The van der Waals surface area contributed by atoms with Gasteiger partial charge in [0, 0.05) is 0 Å². The minimum atomic E-state index is -4.45. The van der Waals surface area contributed by atoms with Crippen molar-refractivity contribution in [1.82, 2.24) is 0 Å². The van der Waals surface area contributed by atoms with Gasteiger partial charge in [-0.2, -0.15) is 0 Å². The van der Waals surface area contributed by atoms with Crippen molar-refractivity contribution < 1.29 is 64.4 Å². The molecule has 5 heteroatoms. The van der Waals surface area contributed by atoms with Gasteiger partial charge in [-0.15, -0.1) is 0 Å². The van der Waals surface area contributed by atoms with E-state index in [0.29, 0.717) is 0 Å². The van der Waals surface area contributed by atoms with E-state index in [1.807, 2.05) is 0 Å². The van der Waals surface area contributed by atoms with Gasteiger partial charge in [0.1, 0.15) is 10.1 Å². The van der Waals surface area contributed by atoms with Gasteiger partial charge >= 0.3 is 51.4 Å². The summed E-state index contributed by atoms with van der Waals surface area (Å²) in [5.41, 5.74) is 2.20. The van der Waals surface area contributed by atoms with E-state index < -0.39 is 10.1 Å². The molecule has 0 amide bonds. The van der Waals surface area contributed by atoms with Crippen LogP contribution in [0, 0.1) is 0 Å². The van der Waals surface area contributed by atoms with Crippen LogP contribution in [0.4, 0.5) is 0 Å². The third kappa shape index (κ3) is 9.50. The number of rotatable bonds is 13. The minimum Gasteiger partial charge on any atom is -0.744 e. The van der Waals surface area contributed by atoms with Crippen molar-refractivity contribution in [2.24, 2.45) is 0 Å². The van der Waals surface area contributed by atoms with Crippen molar-refractivity contribution in [3.63, 3.8) is 0 Å². The molecule has 2 aromatic rings. The molecule has 29 heavy (non-hydrogen) atoms. The Morgan fingerprint density at radius 1 is 0.759 bits per heavy atom. The zero-order chi connectivity index (χ0) is 20.4. The molecule has 0 radical (unpaired) electrons. The Bertz CT molecular complexity index is 847. The average Bonchev–Trinajstić information content (AvgIpc) is 2.66. The summed E-state index contributed by atoms with van der Waals surface area (Å²) in [6.45, 7) is 4.41. The molecule has 0 spiro atoms. The van der Waals surface area contributed by atoms with Crippen LogP contribution >= 0.6 is 0 Å². The van der Waals surface area contributed by atoms with E-state index in [9.17, 15) is 13.0 Å². The largest absolute Gasteiger partial charge is 1.00 e. The molecule has 0 heterocycles. The second-order valence-electron chi connectivity index (χ2n) is 7.92. The summed E-state index contributed by atoms with van der Waals surface area (Å²) >= 11 is 0. The molecule has 0 aliphatic carbocycles. The van der Waals surface area contributed by atoms with Crippen molar-refractivity contribution in [3.8, 4) is 0 Å². The molecule has 0 fully saturated rings. The van der Waals surface area contributed by atoms with Gasteiger partial charge < -0.3 is 4.55 Å². The SMILES string of the molecule is CCCCCCCc1ccc2c(CCCCCCC)cc(S(=O)(=O)[O-])cc2c1.[K+]. The average molecular weight is 443 g/mol. The smallest absolute Gasteiger partial charge is 0.744 e. The second kappa shape index (κ2) is 14.3. The molecule has 0 saturated heterocycles. The maximum Gasteiger partial charge on any atom is 1.00 e. The molecular weight excluding hydrogens is 407 g/mol. The molecule has 0 atom stereocenters. The van der Waals surface area contributed by atoms with Crippen LogP contribution in [0.3, 0.4) is 0 Å². The quantitative estimate of drug-likeness (QED) is 0.269. The first kappa shape index (κ1) is 27.3. The fourth-order valence-electron chi connectivity index (χ4n) is 3.83. The molecule has 0 aliphatic heterocycles. The van der Waals surface area contributed by atoms with Gasteiger partial charge in [0.2, 0.25) is 0 Å². The van der Waals surface area contributed by atoms with Gasteiger partial charge in [0.15, 0.2) is 0 Å². The van der Waals surface area contributed by atoms with Crippen LogP contribution in [0.2, 0.25) is 0 Å². The van der Waals surface area contributed by atoms with Crippen LogP contribution in [0.1, 0.15) is 89.2 Å². The van der Waals surface area contributed by atoms with Crippen LogP contribution in [-0.2, 0) is 23.0 Å². The van der Waals surface area contributed by atoms with E-state index in [1.54, 1.807) is 12.1 Å². The van der Waals surface area contributed by atoms with Crippen LogP contribution < -0.4 is 51.4 Å². The number of fused-ring (bicyclic) bond motifs is 1. The maximum atomic E-state index is 11.6. The Kier molecular flexibility index (Phi) is 13.5. The predicted octanol–water partition coefficient (Wildman–Crippen LogP) is 3.77. The Hall–Kier alpha value is 0.246. The molecule has 0 N–H and O–H groups in total. The number of hydrogen-bond acceptors (Lipinski definition) is 3. The van der Waals surface area contributed by atoms with E-state index >= 15 is 0 Å². The van der Waals surface area contributed by atoms with Gasteiger partial charge in [-0.05, 0) is 59.7 Å². The van der Waals surface area contributed by atoms with E-state index in [-0.39, 0.29) is 56.3 Å². The summed E-state index contributed by atoms with van der Waals surface area (Å²) in [5.74, 6) is 0. The topological polar surface area (TPSA) is 57.2 Å². The van der Waals surface area contributed by atoms with E-state index in [4.69, 9.17) is 0 Å². The fourth-order valence-corrected chi connectivity index (χ4v) is 4.38. The number of aryl methyl sites for hydroxylation is 2. The van der Waals surface area contributed by atoms with Crippen molar-refractivity contribution in [2.45, 2.75) is 95.8 Å². The summed E-state index contributed by atoms with van der Waals surface area (Å²) in [7, 11) is -4.45. The van der Waals surface area contributed by atoms with Crippen molar-refractivity contribution in [3.05, 3.63) is 41.5 Å². The Balaban J connectivity index is 0.00000420. The zero-order valence-corrected chi connectivity index (χ0v) is 22.4. The number of hydrogen-bond donors (Lipinski definition) is 0. The summed E-state index contributed by atoms with van der Waals surface area (Å²) in [5, 5.41) is 1.96. The van der Waals surface area contributed by atoms with Crippen LogP contribution in [0.15, 0.2) is 35.2 Å². The molecule has 2 aromatic carbocycles. The summed E-state index contributed by atoms with van der Waals surface area (Å²) in [6.07, 6.45) is 13.8. The Morgan fingerprint density at radius 2 is 1.34 bits per heavy atom. The third-order valence-corrected chi connectivity index (χ3v) is 6.30. The number of unbranched alkanes of at least 4 members (excludes halogenated alkanes) is 8. The molecule has 0 aromatic heterocycles. The minimum absolute atomic E-state index is 0. The van der Waals surface area contributed by atoms with E-state index in [1.165, 1.54) is 50.5 Å². The molecule has 2 rings (SSSR count). The van der Waals surface area contributed by atoms with E-state index in [0.717, 1.165) is 48.4 Å².